The molecule has 0 aliphatic rings. The largest absolute Gasteiger partial charge is 0.496 e. The number of anilines is 2. The highest BCUT2D eigenvalue weighted by Crippen LogP contribution is 2.30. The van der Waals surface area contributed by atoms with Crippen LogP contribution >= 0.6 is 11.6 Å². The first kappa shape index (κ1) is 19.8. The van der Waals surface area contributed by atoms with Crippen LogP contribution in [0.25, 0.3) is 0 Å². The Labute approximate surface area is 165 Å². The Morgan fingerprint density at radius 1 is 1.07 bits per heavy atom. The van der Waals surface area contributed by atoms with E-state index in [-0.39, 0.29) is 34.2 Å². The van der Waals surface area contributed by atoms with Crippen LogP contribution in [-0.2, 0) is 6.61 Å². The molecule has 0 fully saturated rings. The Morgan fingerprint density at radius 2 is 1.86 bits per heavy atom. The predicted molar refractivity (Wildman–Crippen MR) is 103 cm³/mol. The van der Waals surface area contributed by atoms with Gasteiger partial charge in [0.05, 0.1) is 30.0 Å². The molecule has 2 N–H and O–H groups in total. The van der Waals surface area contributed by atoms with Crippen LogP contribution < -0.4 is 10.1 Å². The summed E-state index contributed by atoms with van der Waals surface area (Å²) in [4.78, 5) is 12.9. The van der Waals surface area contributed by atoms with Gasteiger partial charge in [0, 0.05) is 17.3 Å². The summed E-state index contributed by atoms with van der Waals surface area (Å²) in [6, 6.07) is 12.5. The van der Waals surface area contributed by atoms with Crippen molar-refractivity contribution in [3.63, 3.8) is 0 Å². The SMILES string of the molecule is COc1ccc(CO)cc1C(=O)c1ccc(Nc2ccc(F)cc2F)cc1Cl. The lowest BCUT2D eigenvalue weighted by Gasteiger charge is -2.12. The van der Waals surface area contributed by atoms with Crippen LogP contribution in [0.1, 0.15) is 21.5 Å². The molecular formula is C21H16ClF2NO3. The molecule has 7 heteroatoms. The molecule has 28 heavy (non-hydrogen) atoms. The van der Waals surface area contributed by atoms with Gasteiger partial charge < -0.3 is 15.2 Å². The molecule has 0 amide bonds. The minimum Gasteiger partial charge on any atom is -0.496 e. The fourth-order valence-corrected chi connectivity index (χ4v) is 2.97. The van der Waals surface area contributed by atoms with Gasteiger partial charge in [-0.1, -0.05) is 17.7 Å². The van der Waals surface area contributed by atoms with Crippen LogP contribution in [0.3, 0.4) is 0 Å². The average molecular weight is 404 g/mol. The fraction of sp³-hybridized carbons (Fsp3) is 0.0952. The minimum absolute atomic E-state index is 0.0776. The number of ketones is 1. The quantitative estimate of drug-likeness (QED) is 0.562. The van der Waals surface area contributed by atoms with Gasteiger partial charge in [-0.3, -0.25) is 4.79 Å². The molecular weight excluding hydrogens is 388 g/mol. The van der Waals surface area contributed by atoms with Crippen LogP contribution in [0.15, 0.2) is 54.6 Å². The van der Waals surface area contributed by atoms with Crippen molar-refractivity contribution in [2.45, 2.75) is 6.61 Å². The van der Waals surface area contributed by atoms with Crippen LogP contribution in [0, 0.1) is 11.6 Å². The van der Waals surface area contributed by atoms with E-state index in [0.29, 0.717) is 17.0 Å². The van der Waals surface area contributed by atoms with E-state index in [2.05, 4.69) is 5.32 Å². The van der Waals surface area contributed by atoms with Gasteiger partial charge in [-0.2, -0.15) is 0 Å². The topological polar surface area (TPSA) is 58.6 Å². The van der Waals surface area contributed by atoms with Crippen molar-refractivity contribution in [3.05, 3.63) is 87.9 Å². The molecule has 144 valence electrons. The number of ether oxygens (including phenoxy) is 1. The molecule has 4 nitrogen and oxygen atoms in total. The van der Waals surface area contributed by atoms with E-state index in [9.17, 15) is 18.7 Å². The maximum atomic E-state index is 13.8. The zero-order valence-electron chi connectivity index (χ0n) is 14.8. The molecule has 0 aliphatic carbocycles. The number of aliphatic hydroxyl groups is 1. The number of benzene rings is 3. The maximum Gasteiger partial charge on any atom is 0.198 e. The number of hydrogen-bond donors (Lipinski definition) is 2. The Kier molecular flexibility index (Phi) is 5.92. The summed E-state index contributed by atoms with van der Waals surface area (Å²) < 4.78 is 32.0. The molecule has 0 saturated heterocycles. The molecule has 0 aliphatic heterocycles. The monoisotopic (exact) mass is 403 g/mol. The summed E-state index contributed by atoms with van der Waals surface area (Å²) in [6.07, 6.45) is 0. The Balaban J connectivity index is 1.91. The number of carbonyl (C=O) groups is 1. The van der Waals surface area contributed by atoms with Crippen molar-refractivity contribution in [1.29, 1.82) is 0 Å². The van der Waals surface area contributed by atoms with E-state index in [1.165, 1.54) is 31.4 Å². The molecule has 0 heterocycles. The first-order valence-corrected chi connectivity index (χ1v) is 8.65. The van der Waals surface area contributed by atoms with Gasteiger partial charge in [-0.05, 0) is 48.0 Å². The second-order valence-electron chi connectivity index (χ2n) is 5.97. The lowest BCUT2D eigenvalue weighted by atomic mass is 10.00. The smallest absolute Gasteiger partial charge is 0.198 e. The highest BCUT2D eigenvalue weighted by molar-refractivity contribution is 6.35. The van der Waals surface area contributed by atoms with Gasteiger partial charge in [0.1, 0.15) is 17.4 Å². The summed E-state index contributed by atoms with van der Waals surface area (Å²) in [5, 5.41) is 12.2. The summed E-state index contributed by atoms with van der Waals surface area (Å²) in [6.45, 7) is -0.218. The predicted octanol–water partition coefficient (Wildman–Crippen LogP) is 5.09. The van der Waals surface area contributed by atoms with E-state index in [1.54, 1.807) is 18.2 Å². The molecule has 3 aromatic carbocycles. The Bertz CT molecular complexity index is 1040. The lowest BCUT2D eigenvalue weighted by Crippen LogP contribution is -2.06. The number of rotatable bonds is 6. The van der Waals surface area contributed by atoms with E-state index < -0.39 is 11.6 Å². The molecule has 0 spiro atoms. The van der Waals surface area contributed by atoms with Gasteiger partial charge in [-0.15, -0.1) is 0 Å². The van der Waals surface area contributed by atoms with E-state index in [0.717, 1.165) is 12.1 Å². The summed E-state index contributed by atoms with van der Waals surface area (Å²) in [5.74, 6) is -1.45. The summed E-state index contributed by atoms with van der Waals surface area (Å²) >= 11 is 6.27. The average Bonchev–Trinajstić information content (AvgIpc) is 2.69. The highest BCUT2D eigenvalue weighted by atomic mass is 35.5. The number of aliphatic hydroxyl groups excluding tert-OH is 1. The number of methoxy groups -OCH3 is 1. The van der Waals surface area contributed by atoms with Crippen molar-refractivity contribution in [2.75, 3.05) is 12.4 Å². The van der Waals surface area contributed by atoms with Crippen LogP contribution in [0.2, 0.25) is 5.02 Å². The zero-order chi connectivity index (χ0) is 20.3. The lowest BCUT2D eigenvalue weighted by molar-refractivity contribution is 0.103. The third-order valence-electron chi connectivity index (χ3n) is 4.11. The molecule has 0 unspecified atom stereocenters. The first-order valence-electron chi connectivity index (χ1n) is 8.27. The van der Waals surface area contributed by atoms with Crippen LogP contribution in [-0.4, -0.2) is 18.0 Å². The van der Waals surface area contributed by atoms with Crippen molar-refractivity contribution in [3.8, 4) is 5.75 Å². The zero-order valence-corrected chi connectivity index (χ0v) is 15.6. The van der Waals surface area contributed by atoms with Gasteiger partial charge in [0.25, 0.3) is 0 Å². The maximum absolute atomic E-state index is 13.8. The Morgan fingerprint density at radius 3 is 2.50 bits per heavy atom. The molecule has 0 radical (unpaired) electrons. The molecule has 3 rings (SSSR count). The van der Waals surface area contributed by atoms with Gasteiger partial charge in [0.2, 0.25) is 0 Å². The molecule has 3 aromatic rings. The Hall–Kier alpha value is -2.96. The third kappa shape index (κ3) is 4.13. The molecule has 0 atom stereocenters. The van der Waals surface area contributed by atoms with Crippen LogP contribution in [0.5, 0.6) is 5.75 Å². The number of halogens is 3. The second kappa shape index (κ2) is 8.37. The number of nitrogens with one attached hydrogen (secondary N) is 1. The summed E-state index contributed by atoms with van der Waals surface area (Å²) in [7, 11) is 1.44. The minimum atomic E-state index is -0.748. The van der Waals surface area contributed by atoms with Gasteiger partial charge in [0.15, 0.2) is 5.78 Å². The highest BCUT2D eigenvalue weighted by Gasteiger charge is 2.18. The summed E-state index contributed by atoms with van der Waals surface area (Å²) in [5.41, 5.74) is 1.56. The van der Waals surface area contributed by atoms with Crippen molar-refractivity contribution < 1.29 is 23.4 Å². The molecule has 0 bridgehead atoms. The molecule has 0 saturated carbocycles. The van der Waals surface area contributed by atoms with Crippen molar-refractivity contribution >= 4 is 28.8 Å². The van der Waals surface area contributed by atoms with Crippen LogP contribution in [0.4, 0.5) is 20.2 Å². The van der Waals surface area contributed by atoms with E-state index in [1.807, 2.05) is 0 Å². The van der Waals surface area contributed by atoms with E-state index in [4.69, 9.17) is 16.3 Å². The van der Waals surface area contributed by atoms with Crippen molar-refractivity contribution in [2.24, 2.45) is 0 Å². The van der Waals surface area contributed by atoms with Crippen molar-refractivity contribution in [1.82, 2.24) is 0 Å². The van der Waals surface area contributed by atoms with Gasteiger partial charge >= 0.3 is 0 Å². The fourth-order valence-electron chi connectivity index (χ4n) is 2.70. The number of hydrogen-bond acceptors (Lipinski definition) is 4. The number of carbonyl (C=O) groups excluding carboxylic acids is 1. The molecule has 0 aromatic heterocycles. The second-order valence-corrected chi connectivity index (χ2v) is 6.37. The standard InChI is InChI=1S/C21H16ClF2NO3/c1-28-20-7-2-12(11-26)8-16(20)21(27)15-5-4-14(10-17(15)22)25-19-6-3-13(23)9-18(19)24/h2-10,25-26H,11H2,1H3. The van der Waals surface area contributed by atoms with E-state index >= 15 is 0 Å². The first-order chi connectivity index (χ1) is 13.4. The third-order valence-corrected chi connectivity index (χ3v) is 4.43. The normalized spacial score (nSPS) is 10.6. The van der Waals surface area contributed by atoms with Gasteiger partial charge in [-0.25, -0.2) is 8.78 Å².